The molecule has 1 aromatic carbocycles. The number of hydrogen-bond donors (Lipinski definition) is 1. The zero-order chi connectivity index (χ0) is 20.0. The van der Waals surface area contributed by atoms with Crippen molar-refractivity contribution in [3.05, 3.63) is 51.5 Å². The standard InChI is InChI=1S/C20H19ClN4O2S2/c21-13-6-2-1-5-12(13)14(24-7-3-4-8-24)9-25-11-22-16-17-20(28-10-15(26)23-17)29-18(16)19(25)27/h1-2,5-6,11,14H,3-4,7-10H2,(H,23,26)/t14-/m0/s1. The van der Waals surface area contributed by atoms with Gasteiger partial charge in [-0.05, 0) is 37.6 Å². The molecule has 150 valence electrons. The maximum absolute atomic E-state index is 13.3. The molecule has 0 aliphatic carbocycles. The molecule has 3 aromatic rings. The lowest BCUT2D eigenvalue weighted by molar-refractivity contribution is -0.113. The second-order valence-electron chi connectivity index (χ2n) is 7.26. The number of thioether (sulfide) groups is 1. The van der Waals surface area contributed by atoms with Gasteiger partial charge in [0, 0.05) is 11.6 Å². The van der Waals surface area contributed by atoms with Crippen molar-refractivity contribution in [2.24, 2.45) is 0 Å². The van der Waals surface area contributed by atoms with Gasteiger partial charge in [0.2, 0.25) is 5.91 Å². The lowest BCUT2D eigenvalue weighted by Crippen LogP contribution is -2.33. The Kier molecular flexibility index (Phi) is 5.11. The number of anilines is 1. The summed E-state index contributed by atoms with van der Waals surface area (Å²) in [5.41, 5.74) is 2.23. The van der Waals surface area contributed by atoms with Gasteiger partial charge in [-0.25, -0.2) is 4.98 Å². The molecule has 29 heavy (non-hydrogen) atoms. The van der Waals surface area contributed by atoms with E-state index in [2.05, 4.69) is 15.2 Å². The maximum Gasteiger partial charge on any atom is 0.271 e. The Balaban J connectivity index is 1.55. The minimum absolute atomic E-state index is 0.0202. The number of rotatable bonds is 4. The molecule has 5 rings (SSSR count). The number of thiophene rings is 1. The molecule has 1 N–H and O–H groups in total. The molecule has 2 aliphatic rings. The van der Waals surface area contributed by atoms with Crippen molar-refractivity contribution in [2.75, 3.05) is 24.2 Å². The van der Waals surface area contributed by atoms with Gasteiger partial charge < -0.3 is 5.32 Å². The van der Waals surface area contributed by atoms with Crippen LogP contribution >= 0.6 is 34.7 Å². The quantitative estimate of drug-likeness (QED) is 0.656. The highest BCUT2D eigenvalue weighted by Crippen LogP contribution is 2.42. The van der Waals surface area contributed by atoms with Gasteiger partial charge in [0.1, 0.15) is 10.2 Å². The number of likely N-dealkylation sites (tertiary alicyclic amines) is 1. The Hall–Kier alpha value is -1.87. The molecule has 1 atom stereocenters. The fourth-order valence-corrected chi connectivity index (χ4v) is 6.47. The Morgan fingerprint density at radius 1 is 1.21 bits per heavy atom. The summed E-state index contributed by atoms with van der Waals surface area (Å²) in [5, 5.41) is 3.58. The number of fused-ring (bicyclic) bond motifs is 3. The predicted molar refractivity (Wildman–Crippen MR) is 118 cm³/mol. The molecule has 4 heterocycles. The molecule has 1 saturated heterocycles. The third-order valence-electron chi connectivity index (χ3n) is 5.45. The third-order valence-corrected chi connectivity index (χ3v) is 8.23. The van der Waals surface area contributed by atoms with E-state index < -0.39 is 0 Å². The number of carbonyl (C=O) groups excluding carboxylic acids is 1. The summed E-state index contributed by atoms with van der Waals surface area (Å²) in [4.78, 5) is 31.9. The fourth-order valence-electron chi connectivity index (χ4n) is 4.02. The Labute approximate surface area is 180 Å². The van der Waals surface area contributed by atoms with Crippen LogP contribution in [0.2, 0.25) is 5.02 Å². The first-order valence-electron chi connectivity index (χ1n) is 9.55. The van der Waals surface area contributed by atoms with Crippen LogP contribution in [-0.2, 0) is 11.3 Å². The zero-order valence-corrected chi connectivity index (χ0v) is 17.9. The first kappa shape index (κ1) is 19.1. The molecule has 1 fully saturated rings. The van der Waals surface area contributed by atoms with Crippen LogP contribution in [0.5, 0.6) is 0 Å². The molecule has 0 radical (unpaired) electrons. The first-order valence-corrected chi connectivity index (χ1v) is 11.7. The highest BCUT2D eigenvalue weighted by molar-refractivity contribution is 8.02. The van der Waals surface area contributed by atoms with E-state index >= 15 is 0 Å². The van der Waals surface area contributed by atoms with Crippen molar-refractivity contribution in [3.8, 4) is 0 Å². The molecular weight excluding hydrogens is 428 g/mol. The van der Waals surface area contributed by atoms with Crippen molar-refractivity contribution in [2.45, 2.75) is 29.6 Å². The van der Waals surface area contributed by atoms with Gasteiger partial charge in [-0.1, -0.05) is 29.8 Å². The summed E-state index contributed by atoms with van der Waals surface area (Å²) in [6, 6.07) is 7.87. The molecular formula is C20H19ClN4O2S2. The average molecular weight is 447 g/mol. The number of carbonyl (C=O) groups is 1. The van der Waals surface area contributed by atoms with Crippen molar-refractivity contribution < 1.29 is 4.79 Å². The monoisotopic (exact) mass is 446 g/mol. The fraction of sp³-hybridized carbons (Fsp3) is 0.350. The van der Waals surface area contributed by atoms with Gasteiger partial charge in [0.15, 0.2) is 0 Å². The summed E-state index contributed by atoms with van der Waals surface area (Å²) in [7, 11) is 0. The topological polar surface area (TPSA) is 67.2 Å². The van der Waals surface area contributed by atoms with Crippen molar-refractivity contribution in [1.82, 2.24) is 14.5 Å². The minimum Gasteiger partial charge on any atom is -0.322 e. The van der Waals surface area contributed by atoms with Gasteiger partial charge >= 0.3 is 0 Å². The van der Waals surface area contributed by atoms with Crippen LogP contribution in [0.25, 0.3) is 10.2 Å². The van der Waals surface area contributed by atoms with E-state index in [4.69, 9.17) is 11.6 Å². The molecule has 9 heteroatoms. The van der Waals surface area contributed by atoms with Crippen LogP contribution in [0.3, 0.4) is 0 Å². The number of nitrogens with one attached hydrogen (secondary N) is 1. The molecule has 2 aliphatic heterocycles. The highest BCUT2D eigenvalue weighted by atomic mass is 35.5. The van der Waals surface area contributed by atoms with Gasteiger partial charge in [0.05, 0.1) is 28.0 Å². The molecule has 0 bridgehead atoms. The number of nitrogens with zero attached hydrogens (tertiary/aromatic N) is 3. The van der Waals surface area contributed by atoms with Crippen LogP contribution < -0.4 is 10.9 Å². The molecule has 0 saturated carbocycles. The van der Waals surface area contributed by atoms with E-state index in [0.29, 0.717) is 28.2 Å². The zero-order valence-electron chi connectivity index (χ0n) is 15.6. The smallest absolute Gasteiger partial charge is 0.271 e. The summed E-state index contributed by atoms with van der Waals surface area (Å²) in [6.45, 7) is 2.49. The van der Waals surface area contributed by atoms with E-state index in [1.807, 2.05) is 24.3 Å². The van der Waals surface area contributed by atoms with Gasteiger partial charge in [-0.2, -0.15) is 0 Å². The van der Waals surface area contributed by atoms with Crippen molar-refractivity contribution in [3.63, 3.8) is 0 Å². The van der Waals surface area contributed by atoms with E-state index in [1.165, 1.54) is 23.1 Å². The predicted octanol–water partition coefficient (Wildman–Crippen LogP) is 3.99. The van der Waals surface area contributed by atoms with E-state index in [0.717, 1.165) is 40.7 Å². The van der Waals surface area contributed by atoms with E-state index in [9.17, 15) is 9.59 Å². The number of halogens is 1. The maximum atomic E-state index is 13.3. The van der Waals surface area contributed by atoms with E-state index in [1.54, 1.807) is 10.9 Å². The largest absolute Gasteiger partial charge is 0.322 e. The van der Waals surface area contributed by atoms with E-state index in [-0.39, 0.29) is 17.5 Å². The lowest BCUT2D eigenvalue weighted by Gasteiger charge is -2.29. The third kappa shape index (κ3) is 3.48. The molecule has 0 unspecified atom stereocenters. The van der Waals surface area contributed by atoms with Crippen LogP contribution in [0.15, 0.2) is 39.6 Å². The number of amides is 1. The number of hydrogen-bond acceptors (Lipinski definition) is 6. The van der Waals surface area contributed by atoms with Gasteiger partial charge in [0.25, 0.3) is 5.56 Å². The molecule has 1 amide bonds. The van der Waals surface area contributed by atoms with Crippen LogP contribution in [0.4, 0.5) is 5.69 Å². The van der Waals surface area contributed by atoms with Crippen molar-refractivity contribution >= 4 is 56.5 Å². The summed E-state index contributed by atoms with van der Waals surface area (Å²) in [6.07, 6.45) is 3.91. The second-order valence-corrected chi connectivity index (χ2v) is 9.93. The van der Waals surface area contributed by atoms with Crippen molar-refractivity contribution in [1.29, 1.82) is 0 Å². The Bertz CT molecular complexity index is 1150. The summed E-state index contributed by atoms with van der Waals surface area (Å²) in [5.74, 6) is 0.318. The van der Waals surface area contributed by atoms with Gasteiger partial charge in [-0.15, -0.1) is 23.1 Å². The lowest BCUT2D eigenvalue weighted by atomic mass is 10.1. The number of benzene rings is 1. The Morgan fingerprint density at radius 2 is 2.00 bits per heavy atom. The van der Waals surface area contributed by atoms with Gasteiger partial charge in [-0.3, -0.25) is 19.1 Å². The SMILES string of the molecule is O=C1CSc2sc3c(=O)n(C[C@@H](c4ccccc4Cl)N4CCCC4)cnc3c2N1. The normalized spacial score (nSPS) is 18.0. The highest BCUT2D eigenvalue weighted by Gasteiger charge is 2.28. The van der Waals surface area contributed by atoms with Crippen LogP contribution in [0.1, 0.15) is 24.4 Å². The summed E-state index contributed by atoms with van der Waals surface area (Å²) >= 11 is 9.39. The molecule has 0 spiro atoms. The van der Waals surface area contributed by atoms with Crippen LogP contribution in [0, 0.1) is 0 Å². The minimum atomic E-state index is -0.0690. The number of aromatic nitrogens is 2. The Morgan fingerprint density at radius 3 is 2.79 bits per heavy atom. The summed E-state index contributed by atoms with van der Waals surface area (Å²) < 4.78 is 3.22. The first-order chi connectivity index (χ1) is 14.1. The average Bonchev–Trinajstić information content (AvgIpc) is 3.37. The molecule has 6 nitrogen and oxygen atoms in total. The molecule has 2 aromatic heterocycles. The van der Waals surface area contributed by atoms with Crippen LogP contribution in [-0.4, -0.2) is 39.2 Å². The second kappa shape index (κ2) is 7.75.